The third-order valence-corrected chi connectivity index (χ3v) is 3.33. The Balaban J connectivity index is 2.88. The smallest absolute Gasteiger partial charge is 0.252 e. The summed E-state index contributed by atoms with van der Waals surface area (Å²) in [5.41, 5.74) is 6.06. The molecule has 0 aliphatic carbocycles. The van der Waals surface area contributed by atoms with Crippen molar-refractivity contribution in [1.82, 2.24) is 5.32 Å². The van der Waals surface area contributed by atoms with Gasteiger partial charge in [0.25, 0.3) is 5.91 Å². The fourth-order valence-corrected chi connectivity index (χ4v) is 2.22. The Kier molecular flexibility index (Phi) is 7.13. The maximum Gasteiger partial charge on any atom is 0.252 e. The number of rotatable bonds is 5. The summed E-state index contributed by atoms with van der Waals surface area (Å²) in [6, 6.07) is 4.03. The van der Waals surface area contributed by atoms with E-state index in [-0.39, 0.29) is 24.1 Å². The molecule has 0 spiro atoms. The van der Waals surface area contributed by atoms with E-state index in [1.165, 1.54) is 18.2 Å². The van der Waals surface area contributed by atoms with Crippen molar-refractivity contribution in [3.8, 4) is 11.8 Å². The van der Waals surface area contributed by atoms with Crippen LogP contribution in [0.2, 0.25) is 0 Å². The Bertz CT molecular complexity index is 522. The lowest BCUT2D eigenvalue weighted by molar-refractivity contribution is 0.0939. The molecule has 0 aliphatic heterocycles. The van der Waals surface area contributed by atoms with E-state index in [2.05, 4.69) is 17.2 Å². The first kappa shape index (κ1) is 16.5. The summed E-state index contributed by atoms with van der Waals surface area (Å²) < 4.78 is 13.3. The first-order valence-corrected chi connectivity index (χ1v) is 7.76. The second kappa shape index (κ2) is 8.62. The molecule has 0 saturated heterocycles. The summed E-state index contributed by atoms with van der Waals surface area (Å²) in [6.07, 6.45) is 2.88. The van der Waals surface area contributed by atoms with Gasteiger partial charge in [-0.05, 0) is 43.6 Å². The van der Waals surface area contributed by atoms with E-state index in [0.717, 1.165) is 12.2 Å². The van der Waals surface area contributed by atoms with E-state index in [4.69, 9.17) is 5.73 Å². The summed E-state index contributed by atoms with van der Waals surface area (Å²) in [5.74, 6) is 5.67. The van der Waals surface area contributed by atoms with Crippen LogP contribution >= 0.6 is 11.8 Å². The van der Waals surface area contributed by atoms with Crippen molar-refractivity contribution < 1.29 is 9.18 Å². The highest BCUT2D eigenvalue weighted by molar-refractivity contribution is 7.98. The van der Waals surface area contributed by atoms with Gasteiger partial charge >= 0.3 is 0 Å². The Morgan fingerprint density at radius 3 is 2.95 bits per heavy atom. The van der Waals surface area contributed by atoms with Gasteiger partial charge in [0.15, 0.2) is 0 Å². The van der Waals surface area contributed by atoms with Gasteiger partial charge in [-0.25, -0.2) is 4.39 Å². The van der Waals surface area contributed by atoms with Crippen molar-refractivity contribution in [2.24, 2.45) is 5.73 Å². The van der Waals surface area contributed by atoms with E-state index in [1.54, 1.807) is 11.8 Å². The lowest BCUT2D eigenvalue weighted by Gasteiger charge is -2.14. The van der Waals surface area contributed by atoms with Crippen molar-refractivity contribution >= 4 is 17.7 Å². The van der Waals surface area contributed by atoms with Crippen molar-refractivity contribution in [3.63, 3.8) is 0 Å². The quantitative estimate of drug-likeness (QED) is 0.817. The van der Waals surface area contributed by atoms with Crippen LogP contribution in [0.15, 0.2) is 18.2 Å². The van der Waals surface area contributed by atoms with E-state index < -0.39 is 5.82 Å². The maximum absolute atomic E-state index is 13.3. The average molecular weight is 294 g/mol. The molecule has 1 rings (SSSR count). The number of hydrogen-bond acceptors (Lipinski definition) is 3. The van der Waals surface area contributed by atoms with Gasteiger partial charge in [0, 0.05) is 11.6 Å². The number of thioether (sulfide) groups is 1. The number of carbonyl (C=O) groups is 1. The molecule has 1 unspecified atom stereocenters. The summed E-state index contributed by atoms with van der Waals surface area (Å²) in [4.78, 5) is 12.2. The predicted octanol–water partition coefficient (Wildman–Crippen LogP) is 2.01. The maximum atomic E-state index is 13.3. The summed E-state index contributed by atoms with van der Waals surface area (Å²) >= 11 is 1.72. The molecule has 20 heavy (non-hydrogen) atoms. The molecule has 0 radical (unpaired) electrons. The molecule has 1 aromatic rings. The minimum Gasteiger partial charge on any atom is -0.350 e. The molecule has 0 bridgehead atoms. The highest BCUT2D eigenvalue weighted by atomic mass is 32.2. The Morgan fingerprint density at radius 1 is 1.55 bits per heavy atom. The predicted molar refractivity (Wildman–Crippen MR) is 82.3 cm³/mol. The highest BCUT2D eigenvalue weighted by Crippen LogP contribution is 2.11. The van der Waals surface area contributed by atoms with Crippen molar-refractivity contribution in [3.05, 3.63) is 35.1 Å². The number of carbonyl (C=O) groups excluding carboxylic acids is 1. The number of benzene rings is 1. The van der Waals surface area contributed by atoms with Gasteiger partial charge in [-0.2, -0.15) is 11.8 Å². The molecule has 1 amide bonds. The topological polar surface area (TPSA) is 55.1 Å². The fraction of sp³-hybridized carbons (Fsp3) is 0.400. The zero-order chi connectivity index (χ0) is 15.0. The third kappa shape index (κ3) is 5.24. The Labute approximate surface area is 123 Å². The first-order valence-electron chi connectivity index (χ1n) is 6.36. The fourth-order valence-electron chi connectivity index (χ4n) is 1.63. The molecule has 0 saturated carbocycles. The lowest BCUT2D eigenvalue weighted by atomic mass is 10.1. The minimum absolute atomic E-state index is 0.0357. The zero-order valence-corrected chi connectivity index (χ0v) is 12.5. The number of hydrogen-bond donors (Lipinski definition) is 2. The van der Waals surface area contributed by atoms with Crippen LogP contribution in [0.1, 0.15) is 29.3 Å². The number of nitrogens with one attached hydrogen (secondary N) is 1. The van der Waals surface area contributed by atoms with Gasteiger partial charge < -0.3 is 11.1 Å². The van der Waals surface area contributed by atoms with Crippen LogP contribution in [-0.2, 0) is 0 Å². The van der Waals surface area contributed by atoms with Gasteiger partial charge in [-0.3, -0.25) is 4.79 Å². The monoisotopic (exact) mass is 294 g/mol. The Morgan fingerprint density at radius 2 is 2.30 bits per heavy atom. The van der Waals surface area contributed by atoms with Crippen LogP contribution in [0.3, 0.4) is 0 Å². The summed E-state index contributed by atoms with van der Waals surface area (Å²) in [5, 5.41) is 2.86. The van der Waals surface area contributed by atoms with Gasteiger partial charge in [-0.15, -0.1) is 0 Å². The molecular formula is C15H19FN2OS. The largest absolute Gasteiger partial charge is 0.350 e. The van der Waals surface area contributed by atoms with Crippen molar-refractivity contribution in [2.75, 3.05) is 18.6 Å². The van der Waals surface area contributed by atoms with Crippen LogP contribution in [0, 0.1) is 17.7 Å². The van der Waals surface area contributed by atoms with Gasteiger partial charge in [-0.1, -0.05) is 11.8 Å². The van der Waals surface area contributed by atoms with Crippen molar-refractivity contribution in [2.45, 2.75) is 19.4 Å². The highest BCUT2D eigenvalue weighted by Gasteiger charge is 2.14. The van der Waals surface area contributed by atoms with Crippen LogP contribution in [-0.4, -0.2) is 30.5 Å². The van der Waals surface area contributed by atoms with Crippen LogP contribution < -0.4 is 11.1 Å². The summed E-state index contributed by atoms with van der Waals surface area (Å²) in [7, 11) is 0. The molecule has 3 nitrogen and oxygen atoms in total. The minimum atomic E-state index is -0.454. The normalized spacial score (nSPS) is 11.4. The van der Waals surface area contributed by atoms with E-state index in [0.29, 0.717) is 5.56 Å². The lowest BCUT2D eigenvalue weighted by Crippen LogP contribution is -2.33. The third-order valence-electron chi connectivity index (χ3n) is 2.68. The van der Waals surface area contributed by atoms with E-state index in [9.17, 15) is 9.18 Å². The number of amides is 1. The standard InChI is InChI=1S/C15H19FN2OS/c1-11(7-9-20-2)18-15(19)14-10-13(16)6-5-12(14)4-3-8-17/h5-6,10-11H,7-9,17H2,1-2H3,(H,18,19). The number of halogens is 1. The zero-order valence-electron chi connectivity index (χ0n) is 11.7. The van der Waals surface area contributed by atoms with Crippen LogP contribution in [0.25, 0.3) is 0 Å². The average Bonchev–Trinajstić information content (AvgIpc) is 2.43. The second-order valence-corrected chi connectivity index (χ2v) is 5.34. The second-order valence-electron chi connectivity index (χ2n) is 4.35. The SMILES string of the molecule is CSCCC(C)NC(=O)c1cc(F)ccc1C#CCN. The molecule has 3 N–H and O–H groups in total. The van der Waals surface area contributed by atoms with Crippen molar-refractivity contribution in [1.29, 1.82) is 0 Å². The molecule has 0 aromatic heterocycles. The number of nitrogens with two attached hydrogens (primary N) is 1. The molecule has 1 aromatic carbocycles. The van der Waals surface area contributed by atoms with Gasteiger partial charge in [0.05, 0.1) is 12.1 Å². The molecule has 5 heteroatoms. The van der Waals surface area contributed by atoms with E-state index >= 15 is 0 Å². The first-order chi connectivity index (χ1) is 9.58. The molecule has 108 valence electrons. The molecule has 1 atom stereocenters. The molecule has 0 aliphatic rings. The summed E-state index contributed by atoms with van der Waals surface area (Å²) in [6.45, 7) is 2.13. The Hall–Kier alpha value is -1.51. The van der Waals surface area contributed by atoms with Crippen LogP contribution in [0.4, 0.5) is 4.39 Å². The van der Waals surface area contributed by atoms with Crippen LogP contribution in [0.5, 0.6) is 0 Å². The molecular weight excluding hydrogens is 275 g/mol. The van der Waals surface area contributed by atoms with Gasteiger partial charge in [0.2, 0.25) is 0 Å². The molecule has 0 heterocycles. The van der Waals surface area contributed by atoms with E-state index in [1.807, 2.05) is 13.2 Å². The molecule has 0 fully saturated rings. The van der Waals surface area contributed by atoms with Gasteiger partial charge in [0.1, 0.15) is 5.82 Å².